The van der Waals surface area contributed by atoms with Crippen molar-refractivity contribution in [2.75, 3.05) is 26.3 Å². The first kappa shape index (κ1) is 13.5. The number of hydrogen-bond donors (Lipinski definition) is 1. The lowest BCUT2D eigenvalue weighted by atomic mass is 9.87. The van der Waals surface area contributed by atoms with Crippen molar-refractivity contribution in [3.8, 4) is 0 Å². The van der Waals surface area contributed by atoms with Crippen molar-refractivity contribution in [1.82, 2.24) is 4.90 Å². The minimum absolute atomic E-state index is 0.128. The third-order valence-electron chi connectivity index (χ3n) is 4.07. The molecule has 1 aliphatic rings. The van der Waals surface area contributed by atoms with E-state index in [1.807, 2.05) is 0 Å². The highest BCUT2D eigenvalue weighted by Crippen LogP contribution is 2.28. The van der Waals surface area contributed by atoms with Gasteiger partial charge in [-0.2, -0.15) is 0 Å². The van der Waals surface area contributed by atoms with Crippen LogP contribution in [0.15, 0.2) is 30.3 Å². The van der Waals surface area contributed by atoms with Crippen molar-refractivity contribution in [2.45, 2.75) is 31.8 Å². The van der Waals surface area contributed by atoms with Gasteiger partial charge < -0.3 is 10.5 Å². The van der Waals surface area contributed by atoms with E-state index >= 15 is 0 Å². The van der Waals surface area contributed by atoms with Gasteiger partial charge in [-0.25, -0.2) is 0 Å². The standard InChI is InChI=1S/C15H24N2O/c1-2-17(12-14-6-4-3-5-7-14)15(13-16)8-10-18-11-9-15/h3-7H,2,8-13,16H2,1H3. The molecule has 100 valence electrons. The molecule has 0 unspecified atom stereocenters. The van der Waals surface area contributed by atoms with Crippen molar-refractivity contribution in [2.24, 2.45) is 5.73 Å². The number of hydrogen-bond acceptors (Lipinski definition) is 3. The lowest BCUT2D eigenvalue weighted by Crippen LogP contribution is -2.56. The van der Waals surface area contributed by atoms with Gasteiger partial charge in [0.05, 0.1) is 0 Å². The highest BCUT2D eigenvalue weighted by atomic mass is 16.5. The SMILES string of the molecule is CCN(Cc1ccccc1)C1(CN)CCOCC1. The Labute approximate surface area is 110 Å². The summed E-state index contributed by atoms with van der Waals surface area (Å²) in [5, 5.41) is 0. The fraction of sp³-hybridized carbons (Fsp3) is 0.600. The molecule has 3 nitrogen and oxygen atoms in total. The van der Waals surface area contributed by atoms with Crippen LogP contribution in [0.3, 0.4) is 0 Å². The molecule has 1 heterocycles. The Kier molecular flexibility index (Phi) is 4.75. The molecule has 0 saturated carbocycles. The van der Waals surface area contributed by atoms with E-state index in [1.54, 1.807) is 0 Å². The van der Waals surface area contributed by atoms with Crippen LogP contribution in [0.4, 0.5) is 0 Å². The van der Waals surface area contributed by atoms with E-state index in [9.17, 15) is 0 Å². The predicted molar refractivity (Wildman–Crippen MR) is 74.4 cm³/mol. The maximum Gasteiger partial charge on any atom is 0.0484 e. The zero-order valence-electron chi connectivity index (χ0n) is 11.3. The monoisotopic (exact) mass is 248 g/mol. The first-order valence-corrected chi connectivity index (χ1v) is 6.87. The first-order valence-electron chi connectivity index (χ1n) is 6.87. The van der Waals surface area contributed by atoms with Crippen molar-refractivity contribution >= 4 is 0 Å². The average Bonchev–Trinajstić information content (AvgIpc) is 2.46. The minimum atomic E-state index is 0.128. The van der Waals surface area contributed by atoms with Gasteiger partial charge in [0.25, 0.3) is 0 Å². The van der Waals surface area contributed by atoms with E-state index in [2.05, 4.69) is 42.2 Å². The van der Waals surface area contributed by atoms with Crippen molar-refractivity contribution in [3.05, 3.63) is 35.9 Å². The van der Waals surface area contributed by atoms with Crippen molar-refractivity contribution in [3.63, 3.8) is 0 Å². The first-order chi connectivity index (χ1) is 8.80. The second kappa shape index (κ2) is 6.32. The average molecular weight is 248 g/mol. The molecule has 1 aromatic carbocycles. The minimum Gasteiger partial charge on any atom is -0.381 e. The highest BCUT2D eigenvalue weighted by molar-refractivity contribution is 5.15. The van der Waals surface area contributed by atoms with E-state index in [1.165, 1.54) is 5.56 Å². The van der Waals surface area contributed by atoms with Gasteiger partial charge in [-0.15, -0.1) is 0 Å². The summed E-state index contributed by atoms with van der Waals surface area (Å²) in [6, 6.07) is 10.6. The summed E-state index contributed by atoms with van der Waals surface area (Å²) in [5.74, 6) is 0. The molecular formula is C15H24N2O. The summed E-state index contributed by atoms with van der Waals surface area (Å²) in [6.45, 7) is 6.62. The van der Waals surface area contributed by atoms with Crippen LogP contribution in [-0.4, -0.2) is 36.7 Å². The number of benzene rings is 1. The van der Waals surface area contributed by atoms with Crippen molar-refractivity contribution in [1.29, 1.82) is 0 Å². The van der Waals surface area contributed by atoms with E-state index in [0.29, 0.717) is 0 Å². The molecule has 1 aliphatic heterocycles. The molecule has 1 saturated heterocycles. The van der Waals surface area contributed by atoms with Crippen LogP contribution in [0.5, 0.6) is 0 Å². The van der Waals surface area contributed by atoms with Gasteiger partial charge in [0.2, 0.25) is 0 Å². The molecule has 1 fully saturated rings. The maximum absolute atomic E-state index is 6.07. The number of likely N-dealkylation sites (N-methyl/N-ethyl adjacent to an activating group) is 1. The van der Waals surface area contributed by atoms with Gasteiger partial charge in [0.1, 0.15) is 0 Å². The van der Waals surface area contributed by atoms with E-state index in [0.717, 1.165) is 45.7 Å². The molecule has 18 heavy (non-hydrogen) atoms. The maximum atomic E-state index is 6.07. The Hall–Kier alpha value is -0.900. The summed E-state index contributed by atoms with van der Waals surface area (Å²) in [4.78, 5) is 2.52. The van der Waals surface area contributed by atoms with Crippen LogP contribution in [0.2, 0.25) is 0 Å². The highest BCUT2D eigenvalue weighted by Gasteiger charge is 2.36. The second-order valence-electron chi connectivity index (χ2n) is 5.04. The fourth-order valence-corrected chi connectivity index (χ4v) is 2.82. The molecule has 0 spiro atoms. The number of ether oxygens (including phenoxy) is 1. The summed E-state index contributed by atoms with van der Waals surface area (Å²) < 4.78 is 5.49. The van der Waals surface area contributed by atoms with Crippen LogP contribution in [-0.2, 0) is 11.3 Å². The van der Waals surface area contributed by atoms with Gasteiger partial charge in [0.15, 0.2) is 0 Å². The topological polar surface area (TPSA) is 38.5 Å². The number of nitrogens with zero attached hydrogens (tertiary/aromatic N) is 1. The zero-order chi connectivity index (χ0) is 12.8. The second-order valence-corrected chi connectivity index (χ2v) is 5.04. The van der Waals surface area contributed by atoms with Crippen LogP contribution in [0, 0.1) is 0 Å². The molecule has 0 aliphatic carbocycles. The molecule has 2 rings (SSSR count). The van der Waals surface area contributed by atoms with Crippen LogP contribution in [0.1, 0.15) is 25.3 Å². The van der Waals surface area contributed by atoms with Gasteiger partial charge in [-0.3, -0.25) is 4.90 Å². The van der Waals surface area contributed by atoms with Crippen molar-refractivity contribution < 1.29 is 4.74 Å². The molecule has 0 aromatic heterocycles. The molecule has 3 heteroatoms. The Bertz CT molecular complexity index is 347. The Balaban J connectivity index is 2.11. The third kappa shape index (κ3) is 2.91. The summed E-state index contributed by atoms with van der Waals surface area (Å²) >= 11 is 0. The number of rotatable bonds is 5. The lowest BCUT2D eigenvalue weighted by molar-refractivity contribution is -0.0260. The molecule has 0 atom stereocenters. The Morgan fingerprint density at radius 2 is 1.89 bits per heavy atom. The Morgan fingerprint density at radius 3 is 2.44 bits per heavy atom. The van der Waals surface area contributed by atoms with Gasteiger partial charge in [-0.05, 0) is 24.9 Å². The largest absolute Gasteiger partial charge is 0.381 e. The Morgan fingerprint density at radius 1 is 1.22 bits per heavy atom. The van der Waals surface area contributed by atoms with Gasteiger partial charge >= 0.3 is 0 Å². The molecule has 2 N–H and O–H groups in total. The van der Waals surface area contributed by atoms with Crippen LogP contribution < -0.4 is 5.73 Å². The van der Waals surface area contributed by atoms with Crippen LogP contribution in [0.25, 0.3) is 0 Å². The van der Waals surface area contributed by atoms with Gasteiger partial charge in [0, 0.05) is 31.8 Å². The smallest absolute Gasteiger partial charge is 0.0484 e. The lowest BCUT2D eigenvalue weighted by Gasteiger charge is -2.45. The predicted octanol–water partition coefficient (Wildman–Crippen LogP) is 2.02. The van der Waals surface area contributed by atoms with E-state index < -0.39 is 0 Å². The molecule has 1 aromatic rings. The zero-order valence-corrected chi connectivity index (χ0v) is 11.3. The summed E-state index contributed by atoms with van der Waals surface area (Å²) in [5.41, 5.74) is 7.56. The summed E-state index contributed by atoms with van der Waals surface area (Å²) in [6.07, 6.45) is 2.09. The van der Waals surface area contributed by atoms with Crippen LogP contribution >= 0.6 is 0 Å². The van der Waals surface area contributed by atoms with E-state index in [4.69, 9.17) is 10.5 Å². The molecule has 0 amide bonds. The van der Waals surface area contributed by atoms with Gasteiger partial charge in [-0.1, -0.05) is 37.3 Å². The number of nitrogens with two attached hydrogens (primary N) is 1. The normalized spacial score (nSPS) is 19.1. The summed E-state index contributed by atoms with van der Waals surface area (Å²) in [7, 11) is 0. The molecule has 0 bridgehead atoms. The molecular weight excluding hydrogens is 224 g/mol. The fourth-order valence-electron chi connectivity index (χ4n) is 2.82. The molecule has 0 radical (unpaired) electrons. The van der Waals surface area contributed by atoms with E-state index in [-0.39, 0.29) is 5.54 Å². The third-order valence-corrected chi connectivity index (χ3v) is 4.07. The quantitative estimate of drug-likeness (QED) is 0.866.